The summed E-state index contributed by atoms with van der Waals surface area (Å²) >= 11 is 0. The third kappa shape index (κ3) is 3.68. The number of nitrogens with one attached hydrogen (secondary N) is 1. The lowest BCUT2D eigenvalue weighted by molar-refractivity contribution is 0.549. The first-order valence-electron chi connectivity index (χ1n) is 6.07. The molecular weight excluding hydrogens is 262 g/mol. The monoisotopic (exact) mass is 279 g/mol. The Morgan fingerprint density at radius 2 is 2.11 bits per heavy atom. The van der Waals surface area contributed by atoms with Crippen LogP contribution in [0.25, 0.3) is 0 Å². The number of hydrogen-bond acceptors (Lipinski definition) is 3. The summed E-state index contributed by atoms with van der Waals surface area (Å²) in [5.74, 6) is 0. The van der Waals surface area contributed by atoms with E-state index in [2.05, 4.69) is 4.72 Å². The maximum Gasteiger partial charge on any atom is 0.240 e. The lowest BCUT2D eigenvalue weighted by atomic mass is 10.1. The highest BCUT2D eigenvalue weighted by Gasteiger charge is 2.17. The van der Waals surface area contributed by atoms with Crippen LogP contribution in [0.4, 0.5) is 0 Å². The Kier molecular flexibility index (Phi) is 4.07. The van der Waals surface area contributed by atoms with Crippen LogP contribution in [0, 0.1) is 6.92 Å². The molecule has 0 aliphatic carbocycles. The van der Waals surface area contributed by atoms with E-state index >= 15 is 0 Å². The number of aryl methyl sites for hydroxylation is 1. The first kappa shape index (κ1) is 13.8. The van der Waals surface area contributed by atoms with Gasteiger partial charge < -0.3 is 4.42 Å². The van der Waals surface area contributed by atoms with Crippen LogP contribution < -0.4 is 4.72 Å². The van der Waals surface area contributed by atoms with Crippen LogP contribution >= 0.6 is 0 Å². The maximum atomic E-state index is 12.2. The van der Waals surface area contributed by atoms with E-state index < -0.39 is 10.0 Å². The topological polar surface area (TPSA) is 59.3 Å². The summed E-state index contributed by atoms with van der Waals surface area (Å²) in [6.45, 7) is 3.70. The molecule has 0 aliphatic heterocycles. The molecule has 102 valence electrons. The fourth-order valence-electron chi connectivity index (χ4n) is 1.92. The molecule has 1 N–H and O–H groups in total. The van der Waals surface area contributed by atoms with Gasteiger partial charge >= 0.3 is 0 Å². The van der Waals surface area contributed by atoms with E-state index in [-0.39, 0.29) is 6.04 Å². The van der Waals surface area contributed by atoms with Crippen molar-refractivity contribution in [1.82, 2.24) is 4.72 Å². The lowest BCUT2D eigenvalue weighted by Gasteiger charge is -2.13. The van der Waals surface area contributed by atoms with Crippen LogP contribution in [0.3, 0.4) is 0 Å². The molecule has 4 nitrogen and oxygen atoms in total. The van der Waals surface area contributed by atoms with Crippen LogP contribution in [0.1, 0.15) is 18.1 Å². The van der Waals surface area contributed by atoms with Crippen LogP contribution in [0.5, 0.6) is 0 Å². The molecule has 19 heavy (non-hydrogen) atoms. The normalized spacial score (nSPS) is 13.4. The van der Waals surface area contributed by atoms with Gasteiger partial charge in [-0.1, -0.05) is 12.1 Å². The number of rotatable bonds is 5. The zero-order valence-electron chi connectivity index (χ0n) is 11.0. The van der Waals surface area contributed by atoms with E-state index in [1.54, 1.807) is 30.7 Å². The molecule has 0 fully saturated rings. The Morgan fingerprint density at radius 1 is 1.32 bits per heavy atom. The molecule has 1 atom stereocenters. The van der Waals surface area contributed by atoms with E-state index in [1.807, 2.05) is 26.0 Å². The summed E-state index contributed by atoms with van der Waals surface area (Å²) < 4.78 is 32.0. The molecule has 0 bridgehead atoms. The summed E-state index contributed by atoms with van der Waals surface area (Å²) in [6.07, 6.45) is 3.80. The van der Waals surface area contributed by atoms with Crippen molar-refractivity contribution in [2.45, 2.75) is 31.2 Å². The number of benzene rings is 1. The van der Waals surface area contributed by atoms with Crippen molar-refractivity contribution in [3.05, 3.63) is 54.0 Å². The average molecular weight is 279 g/mol. The first-order valence-corrected chi connectivity index (χ1v) is 7.56. The molecular formula is C14H17NO3S. The Balaban J connectivity index is 2.09. The number of furan rings is 1. The van der Waals surface area contributed by atoms with Crippen LogP contribution in [-0.2, 0) is 16.4 Å². The minimum Gasteiger partial charge on any atom is -0.472 e. The molecule has 5 heteroatoms. The molecule has 1 heterocycles. The average Bonchev–Trinajstić information content (AvgIpc) is 2.81. The summed E-state index contributed by atoms with van der Waals surface area (Å²) in [6, 6.07) is 8.51. The van der Waals surface area contributed by atoms with Crippen LogP contribution in [-0.4, -0.2) is 14.5 Å². The van der Waals surface area contributed by atoms with Gasteiger partial charge in [0.05, 0.1) is 17.4 Å². The summed E-state index contributed by atoms with van der Waals surface area (Å²) in [5, 5.41) is 0. The van der Waals surface area contributed by atoms with E-state index in [1.165, 1.54) is 0 Å². The van der Waals surface area contributed by atoms with Gasteiger partial charge in [-0.25, -0.2) is 13.1 Å². The van der Waals surface area contributed by atoms with Crippen LogP contribution in [0.15, 0.2) is 52.2 Å². The van der Waals surface area contributed by atoms with Crippen molar-refractivity contribution in [3.63, 3.8) is 0 Å². The predicted octanol–water partition coefficient (Wildman–Crippen LogP) is 2.50. The molecule has 1 aromatic carbocycles. The molecule has 2 rings (SSSR count). The van der Waals surface area contributed by atoms with E-state index in [0.717, 1.165) is 11.1 Å². The fourth-order valence-corrected chi connectivity index (χ4v) is 3.27. The SMILES string of the molecule is Cc1cccc(S(=O)(=O)NC(C)Cc2ccoc2)c1. The molecule has 0 saturated carbocycles. The van der Waals surface area contributed by atoms with Gasteiger partial charge in [-0.3, -0.25) is 0 Å². The molecule has 1 unspecified atom stereocenters. The molecule has 1 aromatic heterocycles. The predicted molar refractivity (Wildman–Crippen MR) is 73.4 cm³/mol. The molecule has 0 amide bonds. The van der Waals surface area contributed by atoms with Gasteiger partial charge in [-0.2, -0.15) is 0 Å². The smallest absolute Gasteiger partial charge is 0.240 e. The molecule has 0 saturated heterocycles. The zero-order valence-corrected chi connectivity index (χ0v) is 11.8. The highest BCUT2D eigenvalue weighted by atomic mass is 32.2. The van der Waals surface area contributed by atoms with Gasteiger partial charge in [-0.15, -0.1) is 0 Å². The van der Waals surface area contributed by atoms with Gasteiger partial charge in [0.2, 0.25) is 10.0 Å². The standard InChI is InChI=1S/C14H17NO3S/c1-11-4-3-5-14(8-11)19(16,17)15-12(2)9-13-6-7-18-10-13/h3-8,10,12,15H,9H2,1-2H3. The summed E-state index contributed by atoms with van der Waals surface area (Å²) in [7, 11) is -3.47. The number of hydrogen-bond donors (Lipinski definition) is 1. The van der Waals surface area contributed by atoms with Crippen molar-refractivity contribution in [2.24, 2.45) is 0 Å². The molecule has 0 spiro atoms. The van der Waals surface area contributed by atoms with E-state index in [4.69, 9.17) is 4.42 Å². The van der Waals surface area contributed by atoms with Gasteiger partial charge in [0, 0.05) is 6.04 Å². The third-order valence-electron chi connectivity index (χ3n) is 2.78. The number of sulfonamides is 1. The Morgan fingerprint density at radius 3 is 2.74 bits per heavy atom. The van der Waals surface area contributed by atoms with Crippen molar-refractivity contribution in [3.8, 4) is 0 Å². The maximum absolute atomic E-state index is 12.2. The Hall–Kier alpha value is -1.59. The van der Waals surface area contributed by atoms with Crippen molar-refractivity contribution >= 4 is 10.0 Å². The fraction of sp³-hybridized carbons (Fsp3) is 0.286. The molecule has 2 aromatic rings. The second kappa shape index (κ2) is 5.59. The Bertz CT molecular complexity index is 632. The van der Waals surface area contributed by atoms with Crippen molar-refractivity contribution < 1.29 is 12.8 Å². The minimum absolute atomic E-state index is 0.192. The van der Waals surface area contributed by atoms with Crippen molar-refractivity contribution in [2.75, 3.05) is 0 Å². The summed E-state index contributed by atoms with van der Waals surface area (Å²) in [4.78, 5) is 0.298. The highest BCUT2D eigenvalue weighted by Crippen LogP contribution is 2.12. The van der Waals surface area contributed by atoms with Gasteiger partial charge in [-0.05, 0) is 49.6 Å². The van der Waals surface area contributed by atoms with E-state index in [0.29, 0.717) is 11.3 Å². The summed E-state index contributed by atoms with van der Waals surface area (Å²) in [5.41, 5.74) is 1.89. The third-order valence-corrected chi connectivity index (χ3v) is 4.37. The second-order valence-electron chi connectivity index (χ2n) is 4.67. The minimum atomic E-state index is -3.47. The van der Waals surface area contributed by atoms with Gasteiger partial charge in [0.15, 0.2) is 0 Å². The zero-order chi connectivity index (χ0) is 13.9. The first-order chi connectivity index (χ1) is 8.97. The van der Waals surface area contributed by atoms with Gasteiger partial charge in [0.25, 0.3) is 0 Å². The molecule has 0 aliphatic rings. The van der Waals surface area contributed by atoms with Crippen molar-refractivity contribution in [1.29, 1.82) is 0 Å². The van der Waals surface area contributed by atoms with Crippen LogP contribution in [0.2, 0.25) is 0 Å². The quantitative estimate of drug-likeness (QED) is 0.914. The highest BCUT2D eigenvalue weighted by molar-refractivity contribution is 7.89. The lowest BCUT2D eigenvalue weighted by Crippen LogP contribution is -2.34. The van der Waals surface area contributed by atoms with E-state index in [9.17, 15) is 8.42 Å². The van der Waals surface area contributed by atoms with Gasteiger partial charge in [0.1, 0.15) is 0 Å². The second-order valence-corrected chi connectivity index (χ2v) is 6.39. The molecule has 0 radical (unpaired) electrons. The largest absolute Gasteiger partial charge is 0.472 e. The Labute approximate surface area is 113 Å².